The largest absolute Gasteiger partial charge is 0.378 e. The number of fused-ring (bicyclic) bond motifs is 1. The predicted molar refractivity (Wildman–Crippen MR) is 117 cm³/mol. The maximum absolute atomic E-state index is 5.45. The van der Waals surface area contributed by atoms with Crippen molar-refractivity contribution >= 4 is 28.6 Å². The molecule has 2 aliphatic rings. The van der Waals surface area contributed by atoms with Gasteiger partial charge in [-0.25, -0.2) is 15.0 Å². The van der Waals surface area contributed by atoms with Crippen molar-refractivity contribution in [2.45, 2.75) is 25.8 Å². The molecule has 1 N–H and O–H groups in total. The summed E-state index contributed by atoms with van der Waals surface area (Å²) in [7, 11) is 2.13. The molecule has 0 radical (unpaired) electrons. The van der Waals surface area contributed by atoms with Crippen molar-refractivity contribution in [2.75, 3.05) is 61.1 Å². The van der Waals surface area contributed by atoms with Gasteiger partial charge in [-0.15, -0.1) is 0 Å². The van der Waals surface area contributed by atoms with Crippen LogP contribution in [0.25, 0.3) is 11.0 Å². The van der Waals surface area contributed by atoms with E-state index in [9.17, 15) is 0 Å². The molecule has 0 spiro atoms. The van der Waals surface area contributed by atoms with Crippen molar-refractivity contribution in [1.82, 2.24) is 24.9 Å². The monoisotopic (exact) mass is 408 g/mol. The lowest BCUT2D eigenvalue weighted by Crippen LogP contribution is -2.47. The van der Waals surface area contributed by atoms with Crippen molar-refractivity contribution in [1.29, 1.82) is 0 Å². The van der Waals surface area contributed by atoms with Crippen LogP contribution in [0.5, 0.6) is 0 Å². The molecule has 3 aromatic heterocycles. The van der Waals surface area contributed by atoms with Crippen molar-refractivity contribution in [2.24, 2.45) is 0 Å². The Hall–Kier alpha value is -2.94. The van der Waals surface area contributed by atoms with Crippen molar-refractivity contribution in [3.63, 3.8) is 0 Å². The molecule has 9 nitrogen and oxygen atoms in total. The van der Waals surface area contributed by atoms with Gasteiger partial charge in [0.1, 0.15) is 17.7 Å². The van der Waals surface area contributed by atoms with E-state index in [1.54, 1.807) is 6.33 Å². The molecular weight excluding hydrogens is 380 g/mol. The van der Waals surface area contributed by atoms with E-state index in [4.69, 9.17) is 9.72 Å². The summed E-state index contributed by atoms with van der Waals surface area (Å²) in [5.74, 6) is 2.74. The van der Waals surface area contributed by atoms with Gasteiger partial charge in [0.15, 0.2) is 5.82 Å². The molecule has 1 unspecified atom stereocenters. The number of nitrogens with zero attached hydrogens (tertiary/aromatic N) is 7. The third-order valence-electron chi connectivity index (χ3n) is 6.06. The van der Waals surface area contributed by atoms with Crippen LogP contribution in [-0.2, 0) is 4.74 Å². The number of rotatable bonds is 4. The number of H-pyrrole nitrogens is 1. The summed E-state index contributed by atoms with van der Waals surface area (Å²) in [6, 6.07) is 4.43. The highest BCUT2D eigenvalue weighted by atomic mass is 16.5. The molecule has 2 saturated heterocycles. The molecule has 2 aliphatic heterocycles. The summed E-state index contributed by atoms with van der Waals surface area (Å²) in [4.78, 5) is 28.6. The number of aryl methyl sites for hydroxylation is 1. The Kier molecular flexibility index (Phi) is 5.12. The second kappa shape index (κ2) is 8.06. The molecule has 5 heterocycles. The minimum Gasteiger partial charge on any atom is -0.378 e. The molecule has 5 rings (SSSR count). The lowest BCUT2D eigenvalue weighted by Gasteiger charge is -2.39. The van der Waals surface area contributed by atoms with Gasteiger partial charge in [0.25, 0.3) is 0 Å². The zero-order valence-corrected chi connectivity index (χ0v) is 17.6. The van der Waals surface area contributed by atoms with E-state index in [0.29, 0.717) is 6.04 Å². The SMILES string of the molecule is Cc1cc2ncnc(N3CCCC(N(C)c4ccnc(N5CCOCC5)n4)C3)c2[nH]1. The Balaban J connectivity index is 1.35. The Morgan fingerprint density at radius 1 is 1.13 bits per heavy atom. The molecule has 0 amide bonds. The zero-order chi connectivity index (χ0) is 20.5. The van der Waals surface area contributed by atoms with Gasteiger partial charge in [0, 0.05) is 51.2 Å². The highest BCUT2D eigenvalue weighted by molar-refractivity contribution is 5.86. The minimum atomic E-state index is 0.354. The fraction of sp³-hybridized carbons (Fsp3) is 0.524. The molecule has 0 saturated carbocycles. The molecule has 2 fully saturated rings. The number of anilines is 3. The van der Waals surface area contributed by atoms with Crippen LogP contribution >= 0.6 is 0 Å². The molecule has 3 aromatic rings. The van der Waals surface area contributed by atoms with Gasteiger partial charge in [-0.1, -0.05) is 0 Å². The number of hydrogen-bond donors (Lipinski definition) is 1. The number of aromatic nitrogens is 5. The van der Waals surface area contributed by atoms with Gasteiger partial charge in [0.05, 0.1) is 18.7 Å². The maximum Gasteiger partial charge on any atom is 0.227 e. The lowest BCUT2D eigenvalue weighted by molar-refractivity contribution is 0.122. The van der Waals surface area contributed by atoms with Crippen LogP contribution in [0.1, 0.15) is 18.5 Å². The summed E-state index contributed by atoms with van der Waals surface area (Å²) < 4.78 is 5.45. The number of nitrogens with one attached hydrogen (secondary N) is 1. The Labute approximate surface area is 176 Å². The quantitative estimate of drug-likeness (QED) is 0.702. The first-order valence-electron chi connectivity index (χ1n) is 10.6. The minimum absolute atomic E-state index is 0.354. The van der Waals surface area contributed by atoms with Crippen molar-refractivity contribution < 1.29 is 4.74 Å². The van der Waals surface area contributed by atoms with E-state index >= 15 is 0 Å². The van der Waals surface area contributed by atoms with E-state index in [1.807, 2.05) is 12.3 Å². The summed E-state index contributed by atoms with van der Waals surface area (Å²) in [6.45, 7) is 7.08. The molecule has 9 heteroatoms. The normalized spacial score (nSPS) is 20.0. The second-order valence-corrected chi connectivity index (χ2v) is 8.08. The zero-order valence-electron chi connectivity index (χ0n) is 17.6. The van der Waals surface area contributed by atoms with Crippen LogP contribution in [0.4, 0.5) is 17.6 Å². The number of ether oxygens (including phenoxy) is 1. The van der Waals surface area contributed by atoms with E-state index in [1.165, 1.54) is 0 Å². The third-order valence-corrected chi connectivity index (χ3v) is 6.06. The Morgan fingerprint density at radius 2 is 2.00 bits per heavy atom. The number of morpholine rings is 1. The first kappa shape index (κ1) is 19.0. The highest BCUT2D eigenvalue weighted by Gasteiger charge is 2.27. The number of likely N-dealkylation sites (N-methyl/N-ethyl adjacent to an activating group) is 1. The van der Waals surface area contributed by atoms with Crippen LogP contribution in [0.15, 0.2) is 24.7 Å². The van der Waals surface area contributed by atoms with Crippen LogP contribution in [0, 0.1) is 6.92 Å². The number of piperidine rings is 1. The second-order valence-electron chi connectivity index (χ2n) is 8.08. The lowest BCUT2D eigenvalue weighted by atomic mass is 10.0. The van der Waals surface area contributed by atoms with E-state index in [-0.39, 0.29) is 0 Å². The molecule has 158 valence electrons. The fourth-order valence-electron chi connectivity index (χ4n) is 4.40. The predicted octanol–water partition coefficient (Wildman–Crippen LogP) is 2.00. The average molecular weight is 409 g/mol. The average Bonchev–Trinajstić information content (AvgIpc) is 3.19. The van der Waals surface area contributed by atoms with E-state index in [0.717, 1.165) is 86.5 Å². The first-order chi connectivity index (χ1) is 14.7. The summed E-state index contributed by atoms with van der Waals surface area (Å²) in [5.41, 5.74) is 3.10. The first-order valence-corrected chi connectivity index (χ1v) is 10.6. The van der Waals surface area contributed by atoms with Crippen molar-refractivity contribution in [3.05, 3.63) is 30.4 Å². The fourth-order valence-corrected chi connectivity index (χ4v) is 4.40. The molecule has 30 heavy (non-hydrogen) atoms. The van der Waals surface area contributed by atoms with Crippen molar-refractivity contribution in [3.8, 4) is 0 Å². The van der Waals surface area contributed by atoms with Gasteiger partial charge in [-0.3, -0.25) is 0 Å². The molecular formula is C21H28N8O. The number of aromatic amines is 1. The van der Waals surface area contributed by atoms with Gasteiger partial charge in [-0.2, -0.15) is 4.98 Å². The maximum atomic E-state index is 5.45. The highest BCUT2D eigenvalue weighted by Crippen LogP contribution is 2.28. The standard InChI is InChI=1S/C21H28N8O/c1-15-12-17-19(25-15)20(24-14-23-17)29-7-3-4-16(13-29)27(2)18-5-6-22-21(26-18)28-8-10-30-11-9-28/h5-6,12,14,16,25H,3-4,7-11,13H2,1-2H3. The molecule has 1 atom stereocenters. The smallest absolute Gasteiger partial charge is 0.227 e. The molecule has 0 aliphatic carbocycles. The van der Waals surface area contributed by atoms with E-state index in [2.05, 4.69) is 54.7 Å². The van der Waals surface area contributed by atoms with Crippen LogP contribution < -0.4 is 14.7 Å². The number of hydrogen-bond acceptors (Lipinski definition) is 8. The molecule has 0 bridgehead atoms. The summed E-state index contributed by atoms with van der Waals surface area (Å²) in [5, 5.41) is 0. The Morgan fingerprint density at radius 3 is 2.87 bits per heavy atom. The topological polar surface area (TPSA) is 86.3 Å². The Bertz CT molecular complexity index is 1020. The van der Waals surface area contributed by atoms with E-state index < -0.39 is 0 Å². The van der Waals surface area contributed by atoms with Crippen LogP contribution in [0.3, 0.4) is 0 Å². The van der Waals surface area contributed by atoms with Gasteiger partial charge in [-0.05, 0) is 31.9 Å². The summed E-state index contributed by atoms with van der Waals surface area (Å²) >= 11 is 0. The third kappa shape index (κ3) is 3.65. The molecule has 0 aromatic carbocycles. The van der Waals surface area contributed by atoms with Crippen LogP contribution in [0.2, 0.25) is 0 Å². The summed E-state index contributed by atoms with van der Waals surface area (Å²) in [6.07, 6.45) is 5.76. The van der Waals surface area contributed by atoms with Crippen LogP contribution in [-0.4, -0.2) is 77.4 Å². The van der Waals surface area contributed by atoms with Gasteiger partial charge < -0.3 is 24.4 Å². The van der Waals surface area contributed by atoms with Gasteiger partial charge >= 0.3 is 0 Å². The van der Waals surface area contributed by atoms with Gasteiger partial charge in [0.2, 0.25) is 5.95 Å².